The minimum Gasteiger partial charge on any atom is -0.385 e. The minimum absolute atomic E-state index is 0.0389. The summed E-state index contributed by atoms with van der Waals surface area (Å²) in [6.07, 6.45) is 8.77. The van der Waals surface area contributed by atoms with E-state index in [4.69, 9.17) is 0 Å². The summed E-state index contributed by atoms with van der Waals surface area (Å²) in [5.41, 5.74) is 1.52. The number of carbonyl (C=O) groups excluding carboxylic acids is 1. The summed E-state index contributed by atoms with van der Waals surface area (Å²) >= 11 is 0. The Morgan fingerprint density at radius 2 is 2.15 bits per heavy atom. The molecule has 110 valence electrons. The molecule has 1 aliphatic carbocycles. The van der Waals surface area contributed by atoms with E-state index in [1.165, 1.54) is 19.3 Å². The number of carbonyl (C=O) groups is 1. The van der Waals surface area contributed by atoms with Crippen molar-refractivity contribution in [3.8, 4) is 0 Å². The van der Waals surface area contributed by atoms with E-state index in [0.29, 0.717) is 11.7 Å². The van der Waals surface area contributed by atoms with Crippen LogP contribution in [0.25, 0.3) is 0 Å². The van der Waals surface area contributed by atoms with E-state index in [9.17, 15) is 4.79 Å². The SMILES string of the molecule is CCCNc1ccnc(C(=O)N(C)C2CCCCC2)c1. The van der Waals surface area contributed by atoms with Crippen molar-refractivity contribution >= 4 is 11.6 Å². The molecule has 0 aliphatic heterocycles. The Morgan fingerprint density at radius 3 is 2.85 bits per heavy atom. The zero-order valence-electron chi connectivity index (χ0n) is 12.6. The molecule has 1 amide bonds. The minimum atomic E-state index is 0.0389. The van der Waals surface area contributed by atoms with E-state index >= 15 is 0 Å². The fraction of sp³-hybridized carbons (Fsp3) is 0.625. The van der Waals surface area contributed by atoms with Gasteiger partial charge in [0.1, 0.15) is 5.69 Å². The van der Waals surface area contributed by atoms with E-state index in [1.54, 1.807) is 6.20 Å². The third kappa shape index (κ3) is 3.71. The number of rotatable bonds is 5. The Balaban J connectivity index is 2.03. The molecule has 0 saturated heterocycles. The standard InChI is InChI=1S/C16H25N3O/c1-3-10-17-13-9-11-18-15(12-13)16(20)19(2)14-7-5-4-6-8-14/h9,11-12,14H,3-8,10H2,1-2H3,(H,17,18). The van der Waals surface area contributed by atoms with E-state index in [1.807, 2.05) is 24.1 Å². The quantitative estimate of drug-likeness (QED) is 0.896. The predicted molar refractivity (Wildman–Crippen MR) is 82.0 cm³/mol. The van der Waals surface area contributed by atoms with Crippen LogP contribution in [0.5, 0.6) is 0 Å². The number of amides is 1. The molecule has 0 unspecified atom stereocenters. The van der Waals surface area contributed by atoms with Gasteiger partial charge in [0.15, 0.2) is 0 Å². The van der Waals surface area contributed by atoms with Gasteiger partial charge in [-0.1, -0.05) is 26.2 Å². The predicted octanol–water partition coefficient (Wildman–Crippen LogP) is 3.31. The molecular formula is C16H25N3O. The topological polar surface area (TPSA) is 45.2 Å². The van der Waals surface area contributed by atoms with Crippen molar-refractivity contribution in [3.63, 3.8) is 0 Å². The van der Waals surface area contributed by atoms with E-state index in [-0.39, 0.29) is 5.91 Å². The average molecular weight is 275 g/mol. The van der Waals surface area contributed by atoms with Gasteiger partial charge in [-0.3, -0.25) is 9.78 Å². The Kier molecular flexibility index (Phi) is 5.39. The monoisotopic (exact) mass is 275 g/mol. The summed E-state index contributed by atoms with van der Waals surface area (Å²) in [4.78, 5) is 18.6. The van der Waals surface area contributed by atoms with Gasteiger partial charge in [-0.2, -0.15) is 0 Å². The maximum Gasteiger partial charge on any atom is 0.272 e. The van der Waals surface area contributed by atoms with Gasteiger partial charge in [0.25, 0.3) is 5.91 Å². The molecule has 0 radical (unpaired) electrons. The van der Waals surface area contributed by atoms with E-state index in [0.717, 1.165) is 31.5 Å². The number of hydrogen-bond donors (Lipinski definition) is 1. The summed E-state index contributed by atoms with van der Waals surface area (Å²) in [5.74, 6) is 0.0389. The van der Waals surface area contributed by atoms with Gasteiger partial charge in [-0.25, -0.2) is 0 Å². The molecule has 1 N–H and O–H groups in total. The Morgan fingerprint density at radius 1 is 1.40 bits per heavy atom. The van der Waals surface area contributed by atoms with Gasteiger partial charge in [0, 0.05) is 31.5 Å². The van der Waals surface area contributed by atoms with Crippen LogP contribution in [-0.2, 0) is 0 Å². The number of aromatic nitrogens is 1. The number of nitrogens with zero attached hydrogens (tertiary/aromatic N) is 2. The fourth-order valence-corrected chi connectivity index (χ4v) is 2.74. The summed E-state index contributed by atoms with van der Waals surface area (Å²) in [6.45, 7) is 3.03. The zero-order valence-corrected chi connectivity index (χ0v) is 12.6. The van der Waals surface area contributed by atoms with Crippen LogP contribution in [0.15, 0.2) is 18.3 Å². The highest BCUT2D eigenvalue weighted by atomic mass is 16.2. The third-order valence-electron chi connectivity index (χ3n) is 4.00. The molecule has 1 aromatic heterocycles. The van der Waals surface area contributed by atoms with Gasteiger partial charge in [-0.15, -0.1) is 0 Å². The molecule has 20 heavy (non-hydrogen) atoms. The molecule has 2 rings (SSSR count). The van der Waals surface area contributed by atoms with Crippen molar-refractivity contribution in [1.29, 1.82) is 0 Å². The number of nitrogens with one attached hydrogen (secondary N) is 1. The molecule has 1 aliphatic rings. The number of hydrogen-bond acceptors (Lipinski definition) is 3. The van der Waals surface area contributed by atoms with Gasteiger partial charge < -0.3 is 10.2 Å². The second-order valence-electron chi connectivity index (χ2n) is 5.56. The smallest absolute Gasteiger partial charge is 0.272 e. The highest BCUT2D eigenvalue weighted by Gasteiger charge is 2.23. The first-order chi connectivity index (χ1) is 9.72. The summed E-state index contributed by atoms with van der Waals surface area (Å²) in [7, 11) is 1.91. The van der Waals surface area contributed by atoms with Crippen LogP contribution in [-0.4, -0.2) is 35.4 Å². The summed E-state index contributed by atoms with van der Waals surface area (Å²) < 4.78 is 0. The van der Waals surface area contributed by atoms with Crippen molar-refractivity contribution in [2.24, 2.45) is 0 Å². The first-order valence-corrected chi connectivity index (χ1v) is 7.69. The lowest BCUT2D eigenvalue weighted by Gasteiger charge is -2.31. The van der Waals surface area contributed by atoms with Crippen molar-refractivity contribution in [1.82, 2.24) is 9.88 Å². The van der Waals surface area contributed by atoms with Crippen LogP contribution in [0.4, 0.5) is 5.69 Å². The van der Waals surface area contributed by atoms with Crippen LogP contribution >= 0.6 is 0 Å². The summed E-state index contributed by atoms with van der Waals surface area (Å²) in [5, 5.41) is 3.30. The van der Waals surface area contributed by atoms with Gasteiger partial charge >= 0.3 is 0 Å². The van der Waals surface area contributed by atoms with Crippen molar-refractivity contribution in [2.75, 3.05) is 18.9 Å². The van der Waals surface area contributed by atoms with Crippen LogP contribution in [0.3, 0.4) is 0 Å². The molecule has 1 heterocycles. The molecule has 4 heteroatoms. The molecule has 0 spiro atoms. The van der Waals surface area contributed by atoms with Crippen molar-refractivity contribution in [2.45, 2.75) is 51.5 Å². The molecule has 1 fully saturated rings. The van der Waals surface area contributed by atoms with Gasteiger partial charge in [-0.05, 0) is 31.4 Å². The normalized spacial score (nSPS) is 15.9. The molecule has 0 aromatic carbocycles. The molecule has 0 bridgehead atoms. The molecule has 0 atom stereocenters. The fourth-order valence-electron chi connectivity index (χ4n) is 2.74. The van der Waals surface area contributed by atoms with Crippen LogP contribution in [0.2, 0.25) is 0 Å². The van der Waals surface area contributed by atoms with Crippen LogP contribution < -0.4 is 5.32 Å². The van der Waals surface area contributed by atoms with Crippen LogP contribution in [0.1, 0.15) is 55.9 Å². The van der Waals surface area contributed by atoms with Gasteiger partial charge in [0.2, 0.25) is 0 Å². The molecule has 1 aromatic rings. The maximum atomic E-state index is 12.5. The molecular weight excluding hydrogens is 250 g/mol. The molecule has 4 nitrogen and oxygen atoms in total. The number of anilines is 1. The lowest BCUT2D eigenvalue weighted by Crippen LogP contribution is -2.38. The first-order valence-electron chi connectivity index (χ1n) is 7.69. The molecule has 1 saturated carbocycles. The Labute approximate surface area is 121 Å². The van der Waals surface area contributed by atoms with Crippen LogP contribution in [0, 0.1) is 0 Å². The number of pyridine rings is 1. The van der Waals surface area contributed by atoms with Gasteiger partial charge in [0.05, 0.1) is 0 Å². The third-order valence-corrected chi connectivity index (χ3v) is 4.00. The highest BCUT2D eigenvalue weighted by molar-refractivity contribution is 5.93. The lowest BCUT2D eigenvalue weighted by molar-refractivity contribution is 0.0690. The van der Waals surface area contributed by atoms with Crippen molar-refractivity contribution < 1.29 is 4.79 Å². The Hall–Kier alpha value is -1.58. The average Bonchev–Trinajstić information content (AvgIpc) is 2.52. The second kappa shape index (κ2) is 7.27. The van der Waals surface area contributed by atoms with Crippen molar-refractivity contribution in [3.05, 3.63) is 24.0 Å². The largest absolute Gasteiger partial charge is 0.385 e. The summed E-state index contributed by atoms with van der Waals surface area (Å²) in [6, 6.07) is 4.15. The maximum absolute atomic E-state index is 12.5. The zero-order chi connectivity index (χ0) is 14.4. The second-order valence-corrected chi connectivity index (χ2v) is 5.56. The first kappa shape index (κ1) is 14.8. The highest BCUT2D eigenvalue weighted by Crippen LogP contribution is 2.23. The lowest BCUT2D eigenvalue weighted by atomic mass is 9.94. The Bertz CT molecular complexity index is 441. The van der Waals surface area contributed by atoms with E-state index < -0.39 is 0 Å². The van der Waals surface area contributed by atoms with E-state index in [2.05, 4.69) is 17.2 Å².